The number of rotatable bonds is 4. The maximum Gasteiger partial charge on any atom is 0.291 e. The standard InChI is InChI=1S/C17H13BrN2O4/c1-10-4-5-11(19-16(21)13-3-2-8-23-13)9-12(10)20-17(22)14-6-7-15(18)24-14/h2-9H,1H3,(H,19,21)(H,20,22). The van der Waals surface area contributed by atoms with Crippen LogP contribution in [0.4, 0.5) is 11.4 Å². The lowest BCUT2D eigenvalue weighted by Gasteiger charge is -2.10. The molecule has 0 fully saturated rings. The lowest BCUT2D eigenvalue weighted by atomic mass is 10.1. The second-order valence-corrected chi connectivity index (χ2v) is 5.80. The number of carbonyl (C=O) groups excluding carboxylic acids is 2. The maximum atomic E-state index is 12.2. The molecular formula is C17H13BrN2O4. The zero-order valence-corrected chi connectivity index (χ0v) is 14.2. The molecule has 0 spiro atoms. The molecule has 2 N–H and O–H groups in total. The number of benzene rings is 1. The van der Waals surface area contributed by atoms with Crippen LogP contribution in [0.1, 0.15) is 26.7 Å². The number of amides is 2. The quantitative estimate of drug-likeness (QED) is 0.691. The third-order valence-corrected chi connectivity index (χ3v) is 3.71. The fourth-order valence-electron chi connectivity index (χ4n) is 2.06. The average molecular weight is 389 g/mol. The lowest BCUT2D eigenvalue weighted by Crippen LogP contribution is -2.14. The predicted octanol–water partition coefficient (Wildman–Crippen LogP) is 4.45. The molecular weight excluding hydrogens is 376 g/mol. The van der Waals surface area contributed by atoms with Gasteiger partial charge in [-0.15, -0.1) is 0 Å². The fraction of sp³-hybridized carbons (Fsp3) is 0.0588. The summed E-state index contributed by atoms with van der Waals surface area (Å²) in [6, 6.07) is 11.6. The first-order chi connectivity index (χ1) is 11.5. The zero-order valence-electron chi connectivity index (χ0n) is 12.6. The molecule has 0 atom stereocenters. The van der Waals surface area contributed by atoms with Crippen molar-refractivity contribution in [1.82, 2.24) is 0 Å². The van der Waals surface area contributed by atoms with Gasteiger partial charge in [0.1, 0.15) is 0 Å². The Hall–Kier alpha value is -2.80. The summed E-state index contributed by atoms with van der Waals surface area (Å²) in [6.07, 6.45) is 1.43. The second kappa shape index (κ2) is 6.76. The van der Waals surface area contributed by atoms with Crippen molar-refractivity contribution in [3.8, 4) is 0 Å². The van der Waals surface area contributed by atoms with Gasteiger partial charge in [-0.05, 0) is 64.8 Å². The summed E-state index contributed by atoms with van der Waals surface area (Å²) in [4.78, 5) is 24.2. The number of nitrogens with one attached hydrogen (secondary N) is 2. The van der Waals surface area contributed by atoms with Gasteiger partial charge in [-0.1, -0.05) is 6.07 Å². The van der Waals surface area contributed by atoms with Gasteiger partial charge in [0.2, 0.25) is 0 Å². The molecule has 1 aromatic carbocycles. The lowest BCUT2D eigenvalue weighted by molar-refractivity contribution is 0.0989. The summed E-state index contributed by atoms with van der Waals surface area (Å²) in [5.74, 6) is -0.345. The SMILES string of the molecule is Cc1ccc(NC(=O)c2ccco2)cc1NC(=O)c1ccc(Br)o1. The minimum atomic E-state index is -0.377. The van der Waals surface area contributed by atoms with Crippen LogP contribution in [-0.4, -0.2) is 11.8 Å². The highest BCUT2D eigenvalue weighted by molar-refractivity contribution is 9.10. The van der Waals surface area contributed by atoms with Crippen molar-refractivity contribution in [2.45, 2.75) is 6.92 Å². The Morgan fingerprint density at radius 3 is 2.46 bits per heavy atom. The van der Waals surface area contributed by atoms with Crippen molar-refractivity contribution in [3.63, 3.8) is 0 Å². The van der Waals surface area contributed by atoms with E-state index in [4.69, 9.17) is 8.83 Å². The van der Waals surface area contributed by atoms with Gasteiger partial charge in [0.15, 0.2) is 16.2 Å². The van der Waals surface area contributed by atoms with Crippen LogP contribution >= 0.6 is 15.9 Å². The second-order valence-electron chi connectivity index (χ2n) is 5.02. The van der Waals surface area contributed by atoms with Gasteiger partial charge >= 0.3 is 0 Å². The van der Waals surface area contributed by atoms with Crippen LogP contribution in [0.25, 0.3) is 0 Å². The van der Waals surface area contributed by atoms with Crippen LogP contribution in [0.5, 0.6) is 0 Å². The van der Waals surface area contributed by atoms with Crippen molar-refractivity contribution in [1.29, 1.82) is 0 Å². The largest absolute Gasteiger partial charge is 0.459 e. The van der Waals surface area contributed by atoms with E-state index >= 15 is 0 Å². The highest BCUT2D eigenvalue weighted by Crippen LogP contribution is 2.22. The molecule has 0 saturated heterocycles. The number of halogens is 1. The van der Waals surface area contributed by atoms with Crippen molar-refractivity contribution in [2.24, 2.45) is 0 Å². The van der Waals surface area contributed by atoms with Gasteiger partial charge in [-0.3, -0.25) is 9.59 Å². The number of hydrogen-bond acceptors (Lipinski definition) is 4. The Bertz CT molecular complexity index is 884. The number of furan rings is 2. The third-order valence-electron chi connectivity index (χ3n) is 3.29. The van der Waals surface area contributed by atoms with Crippen LogP contribution < -0.4 is 10.6 Å². The van der Waals surface area contributed by atoms with Gasteiger partial charge in [0, 0.05) is 11.4 Å². The number of anilines is 2. The molecule has 3 rings (SSSR count). The normalized spacial score (nSPS) is 10.4. The molecule has 0 radical (unpaired) electrons. The van der Waals surface area contributed by atoms with Gasteiger partial charge < -0.3 is 19.5 Å². The number of aryl methyl sites for hydroxylation is 1. The topological polar surface area (TPSA) is 84.5 Å². The Labute approximate surface area is 146 Å². The summed E-state index contributed by atoms with van der Waals surface area (Å²) in [7, 11) is 0. The predicted molar refractivity (Wildman–Crippen MR) is 92.2 cm³/mol. The van der Waals surface area contributed by atoms with Crippen LogP contribution in [0.2, 0.25) is 0 Å². The van der Waals surface area contributed by atoms with E-state index < -0.39 is 0 Å². The molecule has 0 aliphatic heterocycles. The molecule has 0 unspecified atom stereocenters. The molecule has 7 heteroatoms. The molecule has 0 aliphatic carbocycles. The zero-order chi connectivity index (χ0) is 17.1. The van der Waals surface area contributed by atoms with E-state index in [-0.39, 0.29) is 23.3 Å². The van der Waals surface area contributed by atoms with Crippen LogP contribution in [0.15, 0.2) is 62.2 Å². The van der Waals surface area contributed by atoms with Crippen LogP contribution in [0, 0.1) is 6.92 Å². The van der Waals surface area contributed by atoms with Gasteiger partial charge in [-0.2, -0.15) is 0 Å². The molecule has 0 aliphatic rings. The van der Waals surface area contributed by atoms with E-state index in [0.717, 1.165) is 5.56 Å². The summed E-state index contributed by atoms with van der Waals surface area (Å²) in [6.45, 7) is 1.85. The monoisotopic (exact) mass is 388 g/mol. The Morgan fingerprint density at radius 2 is 1.79 bits per heavy atom. The van der Waals surface area contributed by atoms with Gasteiger partial charge in [0.25, 0.3) is 11.8 Å². The first kappa shape index (κ1) is 16.1. The molecule has 3 aromatic rings. The molecule has 6 nitrogen and oxygen atoms in total. The van der Waals surface area contributed by atoms with Crippen molar-refractivity contribution >= 4 is 39.1 Å². The average Bonchev–Trinajstić information content (AvgIpc) is 3.22. The third kappa shape index (κ3) is 3.57. The molecule has 0 saturated carbocycles. The number of hydrogen-bond donors (Lipinski definition) is 2. The molecule has 2 heterocycles. The van der Waals surface area contributed by atoms with Crippen molar-refractivity contribution in [2.75, 3.05) is 10.6 Å². The van der Waals surface area contributed by atoms with Gasteiger partial charge in [-0.25, -0.2) is 0 Å². The highest BCUT2D eigenvalue weighted by atomic mass is 79.9. The van der Waals surface area contributed by atoms with E-state index in [0.29, 0.717) is 16.0 Å². The molecule has 0 bridgehead atoms. The minimum Gasteiger partial charge on any atom is -0.459 e. The summed E-state index contributed by atoms with van der Waals surface area (Å²) in [5, 5.41) is 5.47. The Morgan fingerprint density at radius 1 is 1.00 bits per heavy atom. The summed E-state index contributed by atoms with van der Waals surface area (Å²) in [5.41, 5.74) is 1.97. The Kier molecular flexibility index (Phi) is 4.52. The van der Waals surface area contributed by atoms with Crippen LogP contribution in [-0.2, 0) is 0 Å². The first-order valence-corrected chi connectivity index (χ1v) is 7.84. The summed E-state index contributed by atoms with van der Waals surface area (Å²) >= 11 is 3.15. The van der Waals surface area contributed by atoms with E-state index in [2.05, 4.69) is 26.6 Å². The Balaban J connectivity index is 1.76. The smallest absolute Gasteiger partial charge is 0.291 e. The van der Waals surface area contributed by atoms with E-state index in [1.807, 2.05) is 6.92 Å². The maximum absolute atomic E-state index is 12.2. The van der Waals surface area contributed by atoms with Crippen molar-refractivity contribution in [3.05, 3.63) is 70.5 Å². The van der Waals surface area contributed by atoms with E-state index in [1.165, 1.54) is 6.26 Å². The fourth-order valence-corrected chi connectivity index (χ4v) is 2.36. The highest BCUT2D eigenvalue weighted by Gasteiger charge is 2.14. The minimum absolute atomic E-state index is 0.186. The van der Waals surface area contributed by atoms with Gasteiger partial charge in [0.05, 0.1) is 6.26 Å². The number of carbonyl (C=O) groups is 2. The van der Waals surface area contributed by atoms with E-state index in [9.17, 15) is 9.59 Å². The first-order valence-electron chi connectivity index (χ1n) is 7.05. The van der Waals surface area contributed by atoms with Crippen LogP contribution in [0.3, 0.4) is 0 Å². The molecule has 122 valence electrons. The summed E-state index contributed by atoms with van der Waals surface area (Å²) < 4.78 is 10.7. The molecule has 2 amide bonds. The molecule has 2 aromatic heterocycles. The van der Waals surface area contributed by atoms with Crippen molar-refractivity contribution < 1.29 is 18.4 Å². The molecule has 24 heavy (non-hydrogen) atoms. The van der Waals surface area contributed by atoms with E-state index in [1.54, 1.807) is 42.5 Å².